The first-order chi connectivity index (χ1) is 6.95. The normalized spacial score (nSPS) is 13.7. The maximum absolute atomic E-state index is 4.30. The molecule has 68 valence electrons. The summed E-state index contributed by atoms with van der Waals surface area (Å²) in [6.45, 7) is 0.765. The van der Waals surface area contributed by atoms with Crippen LogP contribution in [0, 0.1) is 0 Å². The topological polar surface area (TPSA) is 50.2 Å². The molecule has 0 unspecified atom stereocenters. The maximum Gasteiger partial charge on any atom is 0.116 e. The van der Waals surface area contributed by atoms with Crippen LogP contribution in [0.4, 0.5) is 11.4 Å². The Hall–Kier alpha value is -1.97. The molecule has 2 heterocycles. The molecule has 0 radical (unpaired) electrons. The summed E-state index contributed by atoms with van der Waals surface area (Å²) >= 11 is 0. The van der Waals surface area contributed by atoms with Crippen LogP contribution in [0.2, 0.25) is 0 Å². The largest absolute Gasteiger partial charge is 0.378 e. The summed E-state index contributed by atoms with van der Waals surface area (Å²) in [6, 6.07) is 3.92. The monoisotopic (exact) mass is 184 g/mol. The Labute approximate surface area is 80.7 Å². The smallest absolute Gasteiger partial charge is 0.116 e. The molecule has 0 amide bonds. The highest BCUT2D eigenvalue weighted by Gasteiger charge is 2.09. The van der Waals surface area contributed by atoms with Crippen LogP contribution in [0.25, 0.3) is 10.9 Å². The van der Waals surface area contributed by atoms with E-state index in [4.69, 9.17) is 0 Å². The number of nitrogens with one attached hydrogen (secondary N) is 1. The zero-order chi connectivity index (χ0) is 9.38. The molecule has 14 heavy (non-hydrogen) atoms. The van der Waals surface area contributed by atoms with Gasteiger partial charge < -0.3 is 5.32 Å². The van der Waals surface area contributed by atoms with Crippen molar-refractivity contribution in [2.45, 2.75) is 0 Å². The van der Waals surface area contributed by atoms with Crippen molar-refractivity contribution in [2.75, 3.05) is 11.9 Å². The third-order valence-corrected chi connectivity index (χ3v) is 2.27. The third kappa shape index (κ3) is 0.970. The van der Waals surface area contributed by atoms with Crippen molar-refractivity contribution < 1.29 is 0 Å². The average molecular weight is 184 g/mol. The summed E-state index contributed by atoms with van der Waals surface area (Å²) in [7, 11) is 0. The lowest BCUT2D eigenvalue weighted by atomic mass is 10.1. The molecule has 0 aliphatic carbocycles. The molecule has 3 rings (SSSR count). The fraction of sp³-hybridized carbons (Fsp3) is 0.100. The van der Waals surface area contributed by atoms with E-state index in [1.165, 1.54) is 0 Å². The Morgan fingerprint density at radius 3 is 3.29 bits per heavy atom. The minimum absolute atomic E-state index is 0.765. The van der Waals surface area contributed by atoms with Crippen molar-refractivity contribution in [3.63, 3.8) is 0 Å². The molecule has 0 saturated heterocycles. The van der Waals surface area contributed by atoms with E-state index >= 15 is 0 Å². The highest BCUT2D eigenvalue weighted by atomic mass is 15.0. The predicted octanol–water partition coefficient (Wildman–Crippen LogP) is 1.76. The van der Waals surface area contributed by atoms with Crippen molar-refractivity contribution >= 4 is 28.5 Å². The van der Waals surface area contributed by atoms with Crippen molar-refractivity contribution in [3.05, 3.63) is 24.7 Å². The van der Waals surface area contributed by atoms with Crippen LogP contribution in [-0.4, -0.2) is 22.7 Å². The molecule has 1 aliphatic rings. The molecule has 0 fully saturated rings. The number of hydrogen-bond acceptors (Lipinski definition) is 4. The molecule has 0 bridgehead atoms. The quantitative estimate of drug-likeness (QED) is 0.678. The summed E-state index contributed by atoms with van der Waals surface area (Å²) in [5, 5.41) is 4.31. The number of anilines is 1. The Morgan fingerprint density at radius 2 is 2.29 bits per heavy atom. The van der Waals surface area contributed by atoms with Gasteiger partial charge in [0.05, 0.1) is 23.4 Å². The summed E-state index contributed by atoms with van der Waals surface area (Å²) in [4.78, 5) is 12.5. The lowest BCUT2D eigenvalue weighted by Crippen LogP contribution is -2.07. The van der Waals surface area contributed by atoms with Gasteiger partial charge in [-0.1, -0.05) is 0 Å². The zero-order valence-electron chi connectivity index (χ0n) is 7.44. The third-order valence-electron chi connectivity index (χ3n) is 2.27. The van der Waals surface area contributed by atoms with Gasteiger partial charge in [-0.15, -0.1) is 0 Å². The van der Waals surface area contributed by atoms with Gasteiger partial charge in [-0.05, 0) is 12.1 Å². The van der Waals surface area contributed by atoms with E-state index < -0.39 is 0 Å². The van der Waals surface area contributed by atoms with Gasteiger partial charge in [0.1, 0.15) is 6.33 Å². The number of nitrogens with zero attached hydrogens (tertiary/aromatic N) is 3. The molecule has 1 aliphatic heterocycles. The summed E-state index contributed by atoms with van der Waals surface area (Å²) < 4.78 is 0. The second-order valence-corrected chi connectivity index (χ2v) is 3.11. The van der Waals surface area contributed by atoms with E-state index in [9.17, 15) is 0 Å². The fourth-order valence-corrected chi connectivity index (χ4v) is 1.63. The molecule has 2 aromatic rings. The molecule has 4 heteroatoms. The number of benzene rings is 1. The highest BCUT2D eigenvalue weighted by Crippen LogP contribution is 2.33. The highest BCUT2D eigenvalue weighted by molar-refractivity contribution is 5.99. The van der Waals surface area contributed by atoms with Crippen LogP contribution in [-0.2, 0) is 0 Å². The van der Waals surface area contributed by atoms with E-state index in [1.54, 1.807) is 6.33 Å². The van der Waals surface area contributed by atoms with Crippen LogP contribution < -0.4 is 5.32 Å². The zero-order valence-corrected chi connectivity index (χ0v) is 7.44. The summed E-state index contributed by atoms with van der Waals surface area (Å²) in [6.07, 6.45) is 5.23. The van der Waals surface area contributed by atoms with Crippen molar-refractivity contribution in [3.8, 4) is 0 Å². The van der Waals surface area contributed by atoms with Gasteiger partial charge in [0.15, 0.2) is 0 Å². The van der Waals surface area contributed by atoms with E-state index in [-0.39, 0.29) is 0 Å². The maximum atomic E-state index is 4.30. The Bertz CT molecular complexity index is 519. The Morgan fingerprint density at radius 1 is 1.29 bits per heavy atom. The Balaban J connectivity index is 2.41. The molecule has 1 aromatic heterocycles. The minimum Gasteiger partial charge on any atom is -0.378 e. The van der Waals surface area contributed by atoms with Gasteiger partial charge in [0, 0.05) is 17.8 Å². The molecular weight excluding hydrogens is 176 g/mol. The van der Waals surface area contributed by atoms with Crippen LogP contribution >= 0.6 is 0 Å². The Kier molecular flexibility index (Phi) is 1.47. The van der Waals surface area contributed by atoms with Crippen molar-refractivity contribution in [1.29, 1.82) is 0 Å². The number of aromatic nitrogens is 2. The van der Waals surface area contributed by atoms with Gasteiger partial charge in [-0.25, -0.2) is 9.97 Å². The molecule has 1 N–H and O–H groups in total. The summed E-state index contributed by atoms with van der Waals surface area (Å²) in [5.41, 5.74) is 2.94. The molecule has 4 nitrogen and oxygen atoms in total. The predicted molar refractivity (Wildman–Crippen MR) is 56.2 cm³/mol. The van der Waals surface area contributed by atoms with Gasteiger partial charge in [0.25, 0.3) is 0 Å². The van der Waals surface area contributed by atoms with Crippen LogP contribution in [0.3, 0.4) is 0 Å². The number of rotatable bonds is 0. The lowest BCUT2D eigenvalue weighted by molar-refractivity contribution is 1.22. The average Bonchev–Trinajstić information content (AvgIpc) is 2.29. The first-order valence-corrected chi connectivity index (χ1v) is 4.44. The molecule has 1 aromatic carbocycles. The van der Waals surface area contributed by atoms with Crippen LogP contribution in [0.15, 0.2) is 29.6 Å². The van der Waals surface area contributed by atoms with Gasteiger partial charge in [-0.2, -0.15) is 0 Å². The lowest BCUT2D eigenvalue weighted by Gasteiger charge is -2.13. The van der Waals surface area contributed by atoms with Crippen LogP contribution in [0.5, 0.6) is 0 Å². The molecule has 0 atom stereocenters. The van der Waals surface area contributed by atoms with E-state index in [1.807, 2.05) is 24.5 Å². The van der Waals surface area contributed by atoms with E-state index in [0.29, 0.717) is 0 Å². The standard InChI is InChI=1S/C10H8N4/c1-2-9-10(13-4-3-12-9)7-5-11-6-14-8(1)7/h1-3,5-6,13H,4H2. The second-order valence-electron chi connectivity index (χ2n) is 3.11. The van der Waals surface area contributed by atoms with Gasteiger partial charge in [0.2, 0.25) is 0 Å². The second kappa shape index (κ2) is 2.77. The minimum atomic E-state index is 0.765. The van der Waals surface area contributed by atoms with Crippen LogP contribution in [0.1, 0.15) is 0 Å². The number of aliphatic imine (C=N–C) groups is 1. The fourth-order valence-electron chi connectivity index (χ4n) is 1.63. The first kappa shape index (κ1) is 7.44. The van der Waals surface area contributed by atoms with E-state index in [2.05, 4.69) is 20.3 Å². The van der Waals surface area contributed by atoms with E-state index in [0.717, 1.165) is 28.8 Å². The van der Waals surface area contributed by atoms with Gasteiger partial charge in [-0.3, -0.25) is 4.99 Å². The van der Waals surface area contributed by atoms with Crippen molar-refractivity contribution in [1.82, 2.24) is 9.97 Å². The number of hydrogen-bond donors (Lipinski definition) is 1. The SMILES string of the molecule is C1=Nc2ccc3ncncc3c2NC1. The van der Waals surface area contributed by atoms with Gasteiger partial charge >= 0.3 is 0 Å². The summed E-state index contributed by atoms with van der Waals surface area (Å²) in [5.74, 6) is 0. The molecule has 0 spiro atoms. The molecular formula is C10H8N4. The van der Waals surface area contributed by atoms with Crippen molar-refractivity contribution in [2.24, 2.45) is 4.99 Å². The first-order valence-electron chi connectivity index (χ1n) is 4.44. The molecule has 0 saturated carbocycles. The number of fused-ring (bicyclic) bond motifs is 3.